The molecule has 0 aliphatic carbocycles. The zero-order valence-electron chi connectivity index (χ0n) is 15.6. The van der Waals surface area contributed by atoms with E-state index in [9.17, 15) is 4.79 Å². The fourth-order valence-electron chi connectivity index (χ4n) is 5.21. The Morgan fingerprint density at radius 1 is 1.09 bits per heavy atom. The van der Waals surface area contributed by atoms with Gasteiger partial charge in [0.2, 0.25) is 5.91 Å². The lowest BCUT2D eigenvalue weighted by Gasteiger charge is -2.53. The van der Waals surface area contributed by atoms with Crippen LogP contribution in [0.15, 0.2) is 0 Å². The molecule has 0 bridgehead atoms. The van der Waals surface area contributed by atoms with Gasteiger partial charge in [-0.15, -0.1) is 0 Å². The molecule has 3 heterocycles. The summed E-state index contributed by atoms with van der Waals surface area (Å²) < 4.78 is 0. The highest BCUT2D eigenvalue weighted by atomic mass is 16.2. The first-order valence-electron chi connectivity index (χ1n) is 9.70. The van der Waals surface area contributed by atoms with E-state index < -0.39 is 0 Å². The van der Waals surface area contributed by atoms with E-state index in [0.29, 0.717) is 24.0 Å². The SMILES string of the molecule is CC(C)N1CCC(N2CCCC[C@]3(C)[C@H]2CCC(=O)N3C)CC1. The molecular weight excluding hydrogens is 286 g/mol. The van der Waals surface area contributed by atoms with Crippen LogP contribution in [0.1, 0.15) is 65.7 Å². The van der Waals surface area contributed by atoms with Crippen molar-refractivity contribution in [3.63, 3.8) is 0 Å². The maximum Gasteiger partial charge on any atom is 0.222 e. The van der Waals surface area contributed by atoms with Crippen LogP contribution in [0.4, 0.5) is 0 Å². The molecule has 0 spiro atoms. The highest BCUT2D eigenvalue weighted by molar-refractivity contribution is 5.78. The Kier molecular flexibility index (Phi) is 5.03. The van der Waals surface area contributed by atoms with Crippen molar-refractivity contribution < 1.29 is 4.79 Å². The molecule has 23 heavy (non-hydrogen) atoms. The van der Waals surface area contributed by atoms with Gasteiger partial charge in [0.25, 0.3) is 0 Å². The molecular formula is C19H35N3O. The number of fused-ring (bicyclic) bond motifs is 1. The fraction of sp³-hybridized carbons (Fsp3) is 0.947. The van der Waals surface area contributed by atoms with Gasteiger partial charge in [-0.25, -0.2) is 0 Å². The van der Waals surface area contributed by atoms with Crippen molar-refractivity contribution in [3.05, 3.63) is 0 Å². The molecule has 3 aliphatic heterocycles. The van der Waals surface area contributed by atoms with Crippen LogP contribution in [0.3, 0.4) is 0 Å². The summed E-state index contributed by atoms with van der Waals surface area (Å²) in [6.07, 6.45) is 8.10. The van der Waals surface area contributed by atoms with E-state index in [1.54, 1.807) is 0 Å². The van der Waals surface area contributed by atoms with Crippen molar-refractivity contribution >= 4 is 5.91 Å². The third kappa shape index (κ3) is 3.17. The second kappa shape index (κ2) is 6.72. The normalized spacial score (nSPS) is 35.4. The maximum atomic E-state index is 12.3. The molecule has 3 saturated heterocycles. The van der Waals surface area contributed by atoms with Crippen LogP contribution in [-0.2, 0) is 4.79 Å². The first-order valence-corrected chi connectivity index (χ1v) is 9.70. The second-order valence-corrected chi connectivity index (χ2v) is 8.42. The van der Waals surface area contributed by atoms with Crippen LogP contribution in [0, 0.1) is 0 Å². The minimum absolute atomic E-state index is 0.0427. The molecule has 0 N–H and O–H groups in total. The van der Waals surface area contributed by atoms with Gasteiger partial charge in [0.1, 0.15) is 0 Å². The van der Waals surface area contributed by atoms with Gasteiger partial charge in [0.15, 0.2) is 0 Å². The number of piperidine rings is 2. The minimum atomic E-state index is 0.0427. The largest absolute Gasteiger partial charge is 0.339 e. The lowest BCUT2D eigenvalue weighted by atomic mass is 9.79. The summed E-state index contributed by atoms with van der Waals surface area (Å²) in [5.74, 6) is 0.347. The quantitative estimate of drug-likeness (QED) is 0.782. The van der Waals surface area contributed by atoms with Crippen LogP contribution in [-0.4, -0.2) is 71.0 Å². The van der Waals surface area contributed by atoms with Gasteiger partial charge < -0.3 is 9.80 Å². The Morgan fingerprint density at radius 2 is 1.78 bits per heavy atom. The van der Waals surface area contributed by atoms with Gasteiger partial charge in [-0.3, -0.25) is 9.69 Å². The lowest BCUT2D eigenvalue weighted by molar-refractivity contribution is -0.145. The van der Waals surface area contributed by atoms with E-state index in [4.69, 9.17) is 0 Å². The predicted octanol–water partition coefficient (Wildman–Crippen LogP) is 2.72. The molecule has 1 amide bonds. The predicted molar refractivity (Wildman–Crippen MR) is 94.5 cm³/mol. The molecule has 3 rings (SSSR count). The van der Waals surface area contributed by atoms with Crippen LogP contribution < -0.4 is 0 Å². The zero-order valence-corrected chi connectivity index (χ0v) is 15.6. The van der Waals surface area contributed by atoms with Crippen LogP contribution in [0.5, 0.6) is 0 Å². The summed E-state index contributed by atoms with van der Waals surface area (Å²) in [6, 6.07) is 1.95. The molecule has 0 unspecified atom stereocenters. The van der Waals surface area contributed by atoms with E-state index in [1.165, 1.54) is 51.7 Å². The Labute approximate surface area is 142 Å². The molecule has 0 aromatic rings. The third-order valence-corrected chi connectivity index (χ3v) is 6.94. The lowest BCUT2D eigenvalue weighted by Crippen LogP contribution is -2.65. The van der Waals surface area contributed by atoms with Crippen molar-refractivity contribution in [2.24, 2.45) is 0 Å². The van der Waals surface area contributed by atoms with Crippen molar-refractivity contribution in [1.29, 1.82) is 0 Å². The Morgan fingerprint density at radius 3 is 2.43 bits per heavy atom. The average molecular weight is 322 g/mol. The molecule has 4 nitrogen and oxygen atoms in total. The molecule has 0 saturated carbocycles. The van der Waals surface area contributed by atoms with Crippen molar-refractivity contribution in [2.75, 3.05) is 26.7 Å². The summed E-state index contributed by atoms with van der Waals surface area (Å²) in [5.41, 5.74) is 0.0427. The first kappa shape index (κ1) is 17.2. The molecule has 4 heteroatoms. The minimum Gasteiger partial charge on any atom is -0.339 e. The van der Waals surface area contributed by atoms with Crippen LogP contribution in [0.25, 0.3) is 0 Å². The maximum absolute atomic E-state index is 12.3. The van der Waals surface area contributed by atoms with E-state index in [-0.39, 0.29) is 5.54 Å². The number of likely N-dealkylation sites (tertiary alicyclic amines) is 3. The Balaban J connectivity index is 1.75. The number of nitrogens with zero attached hydrogens (tertiary/aromatic N) is 3. The van der Waals surface area contributed by atoms with Crippen molar-refractivity contribution in [2.45, 2.75) is 89.4 Å². The van der Waals surface area contributed by atoms with Crippen LogP contribution in [0.2, 0.25) is 0 Å². The molecule has 0 aromatic carbocycles. The van der Waals surface area contributed by atoms with Gasteiger partial charge in [-0.2, -0.15) is 0 Å². The molecule has 2 atom stereocenters. The number of carbonyl (C=O) groups excluding carboxylic acids is 1. The van der Waals surface area contributed by atoms with E-state index >= 15 is 0 Å². The summed E-state index contributed by atoms with van der Waals surface area (Å²) in [7, 11) is 2.04. The van der Waals surface area contributed by atoms with Gasteiger partial charge in [0, 0.05) is 31.6 Å². The molecule has 0 aromatic heterocycles. The topological polar surface area (TPSA) is 26.8 Å². The number of hydrogen-bond donors (Lipinski definition) is 0. The summed E-state index contributed by atoms with van der Waals surface area (Å²) >= 11 is 0. The standard InChI is InChI=1S/C19H35N3O/c1-15(2)21-13-9-16(10-14-21)22-12-6-5-11-19(3)17(22)7-8-18(23)20(19)4/h15-17H,5-14H2,1-4H3/t17-,19-/m1/s1. The fourth-order valence-corrected chi connectivity index (χ4v) is 5.21. The number of likely N-dealkylation sites (N-methyl/N-ethyl adjacent to an activating group) is 1. The molecule has 3 fully saturated rings. The van der Waals surface area contributed by atoms with Crippen molar-refractivity contribution in [1.82, 2.24) is 14.7 Å². The van der Waals surface area contributed by atoms with Crippen LogP contribution >= 0.6 is 0 Å². The summed E-state index contributed by atoms with van der Waals surface area (Å²) in [5, 5.41) is 0. The highest BCUT2D eigenvalue weighted by Gasteiger charge is 2.48. The zero-order chi connectivity index (χ0) is 16.6. The average Bonchev–Trinajstić information content (AvgIpc) is 2.71. The number of amides is 1. The molecule has 3 aliphatic rings. The van der Waals surface area contributed by atoms with Crippen molar-refractivity contribution in [3.8, 4) is 0 Å². The van der Waals surface area contributed by atoms with Gasteiger partial charge in [-0.05, 0) is 78.9 Å². The summed E-state index contributed by atoms with van der Waals surface area (Å²) in [6.45, 7) is 10.7. The van der Waals surface area contributed by atoms with Gasteiger partial charge >= 0.3 is 0 Å². The van der Waals surface area contributed by atoms with E-state index in [1.807, 2.05) is 7.05 Å². The summed E-state index contributed by atoms with van der Waals surface area (Å²) in [4.78, 5) is 19.8. The Bertz CT molecular complexity index is 430. The van der Waals surface area contributed by atoms with E-state index in [0.717, 1.165) is 12.8 Å². The van der Waals surface area contributed by atoms with Gasteiger partial charge in [-0.1, -0.05) is 0 Å². The first-order chi connectivity index (χ1) is 10.9. The second-order valence-electron chi connectivity index (χ2n) is 8.42. The molecule has 0 radical (unpaired) electrons. The van der Waals surface area contributed by atoms with E-state index in [2.05, 4.69) is 35.5 Å². The van der Waals surface area contributed by atoms with Gasteiger partial charge in [0.05, 0.1) is 5.54 Å². The highest BCUT2D eigenvalue weighted by Crippen LogP contribution is 2.40. The smallest absolute Gasteiger partial charge is 0.222 e. The number of rotatable bonds is 2. The number of hydrogen-bond acceptors (Lipinski definition) is 3. The monoisotopic (exact) mass is 321 g/mol. The molecule has 132 valence electrons. The Hall–Kier alpha value is -0.610. The number of carbonyl (C=O) groups is 1. The third-order valence-electron chi connectivity index (χ3n) is 6.94.